The molecule has 5 rings (SSSR count). The Hall–Kier alpha value is -2.29. The summed E-state index contributed by atoms with van der Waals surface area (Å²) >= 11 is 0. The molecule has 0 aliphatic carbocycles. The Labute approximate surface area is 202 Å². The number of piperazine rings is 1. The Morgan fingerprint density at radius 1 is 1.00 bits per heavy atom. The van der Waals surface area contributed by atoms with Gasteiger partial charge in [-0.25, -0.2) is 0 Å². The second-order valence-corrected chi connectivity index (χ2v) is 10.4. The van der Waals surface area contributed by atoms with Crippen molar-refractivity contribution in [2.24, 2.45) is 5.92 Å². The van der Waals surface area contributed by atoms with Gasteiger partial charge < -0.3 is 15.1 Å². The molecule has 2 unspecified atom stereocenters. The lowest BCUT2D eigenvalue weighted by Crippen LogP contribution is -2.52. The molecule has 2 atom stereocenters. The molecule has 3 amide bonds. The first kappa shape index (κ1) is 23.5. The van der Waals surface area contributed by atoms with Crippen molar-refractivity contribution < 1.29 is 14.4 Å². The number of nitrogens with zero attached hydrogens (tertiary/aromatic N) is 3. The molecule has 4 aliphatic rings. The van der Waals surface area contributed by atoms with Gasteiger partial charge in [0.1, 0.15) is 6.04 Å². The average molecular weight is 468 g/mol. The van der Waals surface area contributed by atoms with Crippen LogP contribution < -0.4 is 10.6 Å². The lowest BCUT2D eigenvalue weighted by atomic mass is 9.94. The fraction of sp³-hybridized carbons (Fsp3) is 0.654. The molecule has 4 heterocycles. The summed E-state index contributed by atoms with van der Waals surface area (Å²) in [5, 5.41) is 5.89. The smallest absolute Gasteiger partial charge is 0.255 e. The van der Waals surface area contributed by atoms with Crippen LogP contribution in [0.25, 0.3) is 0 Å². The Balaban J connectivity index is 1.09. The van der Waals surface area contributed by atoms with Crippen molar-refractivity contribution in [3.8, 4) is 0 Å². The van der Waals surface area contributed by atoms with Crippen molar-refractivity contribution in [1.29, 1.82) is 0 Å². The normalized spacial score (nSPS) is 26.6. The topological polar surface area (TPSA) is 85.0 Å². The summed E-state index contributed by atoms with van der Waals surface area (Å²) in [6, 6.07) is 5.60. The molecule has 4 aliphatic heterocycles. The standard InChI is InChI=1S/C26H37N5O3/c32-24-8-7-23(25(33)28-24)31-18-21-6-5-20(15-22(21)26(31)34)17-30-13-11-29(12-14-30)10-2-4-19-3-1-9-27-16-19/h5-6,15,19,23,27H,1-4,7-14,16-18H2,(H,28,32,33). The summed E-state index contributed by atoms with van der Waals surface area (Å²) < 4.78 is 0. The Morgan fingerprint density at radius 3 is 2.59 bits per heavy atom. The van der Waals surface area contributed by atoms with E-state index in [1.54, 1.807) is 4.90 Å². The summed E-state index contributed by atoms with van der Waals surface area (Å²) in [4.78, 5) is 43.5. The lowest BCUT2D eigenvalue weighted by molar-refractivity contribution is -0.136. The summed E-state index contributed by atoms with van der Waals surface area (Å²) in [5.74, 6) is 0.160. The first-order chi connectivity index (χ1) is 16.6. The highest BCUT2D eigenvalue weighted by atomic mass is 16.2. The van der Waals surface area contributed by atoms with Crippen LogP contribution in [0.15, 0.2) is 18.2 Å². The minimum Gasteiger partial charge on any atom is -0.322 e. The predicted octanol–water partition coefficient (Wildman–Crippen LogP) is 1.35. The third kappa shape index (κ3) is 5.34. The molecule has 0 aromatic heterocycles. The number of piperidine rings is 2. The summed E-state index contributed by atoms with van der Waals surface area (Å²) in [6.07, 6.45) is 6.03. The zero-order chi connectivity index (χ0) is 23.5. The van der Waals surface area contributed by atoms with Crippen LogP contribution in [0.5, 0.6) is 0 Å². The van der Waals surface area contributed by atoms with Gasteiger partial charge in [0.15, 0.2) is 0 Å². The molecule has 2 N–H and O–H groups in total. The van der Waals surface area contributed by atoms with Crippen molar-refractivity contribution in [1.82, 2.24) is 25.3 Å². The van der Waals surface area contributed by atoms with Gasteiger partial charge in [0, 0.05) is 51.3 Å². The quantitative estimate of drug-likeness (QED) is 0.589. The number of amides is 3. The highest BCUT2D eigenvalue weighted by molar-refractivity contribution is 6.05. The van der Waals surface area contributed by atoms with E-state index in [9.17, 15) is 14.4 Å². The maximum absolute atomic E-state index is 13.1. The molecule has 1 aromatic carbocycles. The van der Waals surface area contributed by atoms with E-state index in [2.05, 4.69) is 26.5 Å². The summed E-state index contributed by atoms with van der Waals surface area (Å²) in [7, 11) is 0. The van der Waals surface area contributed by atoms with Gasteiger partial charge in [-0.1, -0.05) is 12.1 Å². The van der Waals surface area contributed by atoms with Crippen molar-refractivity contribution in [3.63, 3.8) is 0 Å². The van der Waals surface area contributed by atoms with Gasteiger partial charge in [-0.15, -0.1) is 0 Å². The van der Waals surface area contributed by atoms with Crippen LogP contribution in [-0.4, -0.2) is 84.3 Å². The molecular formula is C26H37N5O3. The number of hydrogen-bond acceptors (Lipinski definition) is 6. The second-order valence-electron chi connectivity index (χ2n) is 10.4. The van der Waals surface area contributed by atoms with Gasteiger partial charge in [-0.05, 0) is 74.8 Å². The maximum atomic E-state index is 13.1. The number of carbonyl (C=O) groups excluding carboxylic acids is 3. The Bertz CT molecular complexity index is 921. The molecule has 34 heavy (non-hydrogen) atoms. The van der Waals surface area contributed by atoms with Crippen molar-refractivity contribution in [2.45, 2.75) is 57.7 Å². The number of carbonyl (C=O) groups is 3. The summed E-state index contributed by atoms with van der Waals surface area (Å²) in [5.41, 5.74) is 2.82. The number of fused-ring (bicyclic) bond motifs is 1. The van der Waals surface area contributed by atoms with Crippen molar-refractivity contribution in [3.05, 3.63) is 34.9 Å². The van der Waals surface area contributed by atoms with Gasteiger partial charge in [-0.2, -0.15) is 0 Å². The van der Waals surface area contributed by atoms with Gasteiger partial charge in [0.2, 0.25) is 11.8 Å². The molecule has 3 fully saturated rings. The molecule has 3 saturated heterocycles. The van der Waals surface area contributed by atoms with E-state index in [0.717, 1.165) is 49.8 Å². The molecule has 0 bridgehead atoms. The molecule has 1 aromatic rings. The Morgan fingerprint density at radius 2 is 1.82 bits per heavy atom. The predicted molar refractivity (Wildman–Crippen MR) is 129 cm³/mol. The zero-order valence-corrected chi connectivity index (χ0v) is 20.1. The maximum Gasteiger partial charge on any atom is 0.255 e. The fourth-order valence-electron chi connectivity index (χ4n) is 5.90. The monoisotopic (exact) mass is 467 g/mol. The van der Waals surface area contributed by atoms with Gasteiger partial charge in [0.25, 0.3) is 5.91 Å². The molecule has 0 radical (unpaired) electrons. The first-order valence-corrected chi connectivity index (χ1v) is 13.0. The van der Waals surface area contributed by atoms with E-state index >= 15 is 0 Å². The van der Waals surface area contributed by atoms with E-state index in [-0.39, 0.29) is 24.1 Å². The third-order valence-electron chi connectivity index (χ3n) is 7.95. The van der Waals surface area contributed by atoms with Crippen LogP contribution in [0.3, 0.4) is 0 Å². The number of imide groups is 1. The van der Waals surface area contributed by atoms with Crippen molar-refractivity contribution >= 4 is 17.7 Å². The number of rotatable bonds is 7. The SMILES string of the molecule is O=C1CCC(N2Cc3ccc(CN4CCN(CCCC5CCCNC5)CC4)cc3C2=O)C(=O)N1. The summed E-state index contributed by atoms with van der Waals surface area (Å²) in [6.45, 7) is 9.20. The Kier molecular flexibility index (Phi) is 7.27. The molecule has 8 heteroatoms. The van der Waals surface area contributed by atoms with E-state index < -0.39 is 6.04 Å². The number of nitrogens with one attached hydrogen (secondary N) is 2. The van der Waals surface area contributed by atoms with Gasteiger partial charge >= 0.3 is 0 Å². The molecule has 8 nitrogen and oxygen atoms in total. The molecule has 0 saturated carbocycles. The van der Waals surface area contributed by atoms with E-state index in [0.29, 0.717) is 18.5 Å². The highest BCUT2D eigenvalue weighted by Gasteiger charge is 2.39. The van der Waals surface area contributed by atoms with Gasteiger partial charge in [-0.3, -0.25) is 24.6 Å². The van der Waals surface area contributed by atoms with Crippen LogP contribution in [0.4, 0.5) is 0 Å². The van der Waals surface area contributed by atoms with E-state index in [4.69, 9.17) is 0 Å². The zero-order valence-electron chi connectivity index (χ0n) is 20.1. The lowest BCUT2D eigenvalue weighted by Gasteiger charge is -2.35. The van der Waals surface area contributed by atoms with Crippen LogP contribution in [0.2, 0.25) is 0 Å². The van der Waals surface area contributed by atoms with E-state index in [1.165, 1.54) is 45.3 Å². The van der Waals surface area contributed by atoms with Crippen LogP contribution in [-0.2, 0) is 22.7 Å². The highest BCUT2D eigenvalue weighted by Crippen LogP contribution is 2.28. The minimum absolute atomic E-state index is 0.0932. The van der Waals surface area contributed by atoms with Crippen LogP contribution in [0.1, 0.15) is 60.0 Å². The molecule has 184 valence electrons. The van der Waals surface area contributed by atoms with Crippen molar-refractivity contribution in [2.75, 3.05) is 45.8 Å². The number of hydrogen-bond donors (Lipinski definition) is 2. The molecule has 0 spiro atoms. The largest absolute Gasteiger partial charge is 0.322 e. The third-order valence-corrected chi connectivity index (χ3v) is 7.95. The fourth-order valence-corrected chi connectivity index (χ4v) is 5.90. The van der Waals surface area contributed by atoms with Crippen LogP contribution >= 0.6 is 0 Å². The van der Waals surface area contributed by atoms with Gasteiger partial charge in [0.05, 0.1) is 0 Å². The van der Waals surface area contributed by atoms with E-state index in [1.807, 2.05) is 12.1 Å². The first-order valence-electron chi connectivity index (χ1n) is 13.0. The molecular weight excluding hydrogens is 430 g/mol. The second kappa shape index (κ2) is 10.5. The number of benzene rings is 1. The average Bonchev–Trinajstić information content (AvgIpc) is 3.16. The van der Waals surface area contributed by atoms with Crippen LogP contribution in [0, 0.1) is 5.92 Å². The minimum atomic E-state index is -0.552.